The van der Waals surface area contributed by atoms with E-state index in [0.717, 1.165) is 36.8 Å². The molecule has 1 heterocycles. The van der Waals surface area contributed by atoms with Gasteiger partial charge in [-0.25, -0.2) is 0 Å². The molecule has 2 unspecified atom stereocenters. The maximum atomic E-state index is 12.4. The first-order valence-corrected chi connectivity index (χ1v) is 9.25. The molecule has 1 N–H and O–H groups in total. The Bertz CT molecular complexity index is 526. The van der Waals surface area contributed by atoms with Gasteiger partial charge < -0.3 is 10.2 Å². The third-order valence-electron chi connectivity index (χ3n) is 4.88. The van der Waals surface area contributed by atoms with Crippen LogP contribution in [0.5, 0.6) is 0 Å². The summed E-state index contributed by atoms with van der Waals surface area (Å²) in [6.07, 6.45) is 4.41. The van der Waals surface area contributed by atoms with Crippen LogP contribution in [-0.2, 0) is 4.79 Å². The molecule has 1 aliphatic carbocycles. The van der Waals surface area contributed by atoms with E-state index >= 15 is 0 Å². The molecule has 22 heavy (non-hydrogen) atoms. The van der Waals surface area contributed by atoms with Gasteiger partial charge in [0.05, 0.1) is 0 Å². The van der Waals surface area contributed by atoms with Gasteiger partial charge in [0.25, 0.3) is 0 Å². The molecule has 0 bridgehead atoms. The molecule has 1 amide bonds. The second-order valence-corrected chi connectivity index (χ2v) is 7.54. The molecule has 1 saturated carbocycles. The summed E-state index contributed by atoms with van der Waals surface area (Å²) in [4.78, 5) is 14.9. The molecule has 120 valence electrons. The number of nitrogens with zero attached hydrogens (tertiary/aromatic N) is 1. The summed E-state index contributed by atoms with van der Waals surface area (Å²) in [5, 5.41) is 3.28. The van der Waals surface area contributed by atoms with Gasteiger partial charge in [-0.2, -0.15) is 0 Å². The first-order chi connectivity index (χ1) is 10.7. The van der Waals surface area contributed by atoms with Gasteiger partial charge in [-0.05, 0) is 55.8 Å². The van der Waals surface area contributed by atoms with E-state index in [1.807, 2.05) is 6.07 Å². The van der Waals surface area contributed by atoms with Crippen molar-refractivity contribution in [1.82, 2.24) is 10.2 Å². The van der Waals surface area contributed by atoms with Gasteiger partial charge in [0.15, 0.2) is 0 Å². The van der Waals surface area contributed by atoms with Crippen molar-refractivity contribution < 1.29 is 4.79 Å². The topological polar surface area (TPSA) is 32.3 Å². The van der Waals surface area contributed by atoms with Gasteiger partial charge in [0, 0.05) is 29.5 Å². The lowest BCUT2D eigenvalue weighted by atomic mass is 10.0. The number of likely N-dealkylation sites (tertiary alicyclic amines) is 1. The summed E-state index contributed by atoms with van der Waals surface area (Å²) >= 11 is 3.51. The monoisotopic (exact) mass is 364 g/mol. The standard InChI is InChI=1S/C18H25BrN2O/c1-2-8-21-9-6-15(7-10-21)20-18(22)17-12-16(17)13-4-3-5-14(19)11-13/h3-5,11,15-17H,2,6-10,12H2,1H3,(H,20,22). The zero-order valence-corrected chi connectivity index (χ0v) is 14.8. The van der Waals surface area contributed by atoms with Gasteiger partial charge in [-0.3, -0.25) is 4.79 Å². The molecule has 4 heteroatoms. The van der Waals surface area contributed by atoms with Crippen molar-refractivity contribution in [1.29, 1.82) is 0 Å². The van der Waals surface area contributed by atoms with Crippen molar-refractivity contribution in [2.45, 2.75) is 44.6 Å². The van der Waals surface area contributed by atoms with Crippen molar-refractivity contribution in [3.05, 3.63) is 34.3 Å². The molecular formula is C18H25BrN2O. The molecule has 3 rings (SSSR count). The average molecular weight is 365 g/mol. The van der Waals surface area contributed by atoms with E-state index in [0.29, 0.717) is 12.0 Å². The van der Waals surface area contributed by atoms with Crippen molar-refractivity contribution >= 4 is 21.8 Å². The van der Waals surface area contributed by atoms with Crippen molar-refractivity contribution in [2.75, 3.05) is 19.6 Å². The van der Waals surface area contributed by atoms with Gasteiger partial charge >= 0.3 is 0 Å². The fourth-order valence-electron chi connectivity index (χ4n) is 3.52. The van der Waals surface area contributed by atoms with Crippen LogP contribution in [-0.4, -0.2) is 36.5 Å². The third kappa shape index (κ3) is 3.90. The summed E-state index contributed by atoms with van der Waals surface area (Å²) in [6, 6.07) is 8.73. The van der Waals surface area contributed by atoms with Crippen LogP contribution in [0.15, 0.2) is 28.7 Å². The van der Waals surface area contributed by atoms with E-state index in [1.165, 1.54) is 18.5 Å². The molecule has 3 nitrogen and oxygen atoms in total. The minimum Gasteiger partial charge on any atom is -0.353 e. The lowest BCUT2D eigenvalue weighted by Crippen LogP contribution is -2.45. The first kappa shape index (κ1) is 16.0. The summed E-state index contributed by atoms with van der Waals surface area (Å²) < 4.78 is 1.10. The van der Waals surface area contributed by atoms with Gasteiger partial charge in [-0.1, -0.05) is 35.0 Å². The van der Waals surface area contributed by atoms with Gasteiger partial charge in [-0.15, -0.1) is 0 Å². The summed E-state index contributed by atoms with van der Waals surface area (Å²) in [6.45, 7) is 5.66. The highest BCUT2D eigenvalue weighted by Crippen LogP contribution is 2.48. The molecule has 1 aromatic carbocycles. The molecule has 0 radical (unpaired) electrons. The van der Waals surface area contributed by atoms with Crippen molar-refractivity contribution in [2.24, 2.45) is 5.92 Å². The van der Waals surface area contributed by atoms with Gasteiger partial charge in [0.1, 0.15) is 0 Å². The van der Waals surface area contributed by atoms with Crippen LogP contribution in [0.2, 0.25) is 0 Å². The van der Waals surface area contributed by atoms with E-state index < -0.39 is 0 Å². The van der Waals surface area contributed by atoms with Crippen LogP contribution >= 0.6 is 15.9 Å². The van der Waals surface area contributed by atoms with Crippen LogP contribution in [0.1, 0.15) is 44.1 Å². The number of nitrogens with one attached hydrogen (secondary N) is 1. The smallest absolute Gasteiger partial charge is 0.223 e. The van der Waals surface area contributed by atoms with Crippen molar-refractivity contribution in [3.8, 4) is 0 Å². The highest BCUT2D eigenvalue weighted by Gasteiger charge is 2.44. The molecule has 2 fully saturated rings. The molecule has 0 aromatic heterocycles. The van der Waals surface area contributed by atoms with E-state index in [9.17, 15) is 4.79 Å². The minimum absolute atomic E-state index is 0.183. The Labute approximate surface area is 141 Å². The average Bonchev–Trinajstić information content (AvgIpc) is 3.30. The first-order valence-electron chi connectivity index (χ1n) is 8.45. The Morgan fingerprint density at radius 2 is 2.14 bits per heavy atom. The normalized spacial score (nSPS) is 25.9. The van der Waals surface area contributed by atoms with E-state index in [2.05, 4.69) is 51.3 Å². The predicted octanol–water partition coefficient (Wildman–Crippen LogP) is 3.54. The Hall–Kier alpha value is -0.870. The molecule has 2 atom stereocenters. The molecular weight excluding hydrogens is 340 g/mol. The van der Waals surface area contributed by atoms with E-state index in [1.54, 1.807) is 0 Å². The lowest BCUT2D eigenvalue weighted by molar-refractivity contribution is -0.123. The Kier molecular flexibility index (Phi) is 5.19. The maximum Gasteiger partial charge on any atom is 0.223 e. The van der Waals surface area contributed by atoms with Crippen LogP contribution in [0, 0.1) is 5.92 Å². The SMILES string of the molecule is CCCN1CCC(NC(=O)C2CC2c2cccc(Br)c2)CC1. The van der Waals surface area contributed by atoms with Gasteiger partial charge in [0.2, 0.25) is 5.91 Å². The second kappa shape index (κ2) is 7.14. The van der Waals surface area contributed by atoms with E-state index in [-0.39, 0.29) is 11.8 Å². The highest BCUT2D eigenvalue weighted by molar-refractivity contribution is 9.10. The maximum absolute atomic E-state index is 12.4. The second-order valence-electron chi connectivity index (χ2n) is 6.63. The van der Waals surface area contributed by atoms with Crippen LogP contribution in [0.25, 0.3) is 0 Å². The van der Waals surface area contributed by atoms with Crippen LogP contribution < -0.4 is 5.32 Å². The third-order valence-corrected chi connectivity index (χ3v) is 5.37. The molecule has 0 spiro atoms. The number of amides is 1. The fraction of sp³-hybridized carbons (Fsp3) is 0.611. The molecule has 1 aliphatic heterocycles. The predicted molar refractivity (Wildman–Crippen MR) is 92.9 cm³/mol. The number of halogens is 1. The minimum atomic E-state index is 0.183. The van der Waals surface area contributed by atoms with Crippen LogP contribution in [0.4, 0.5) is 0 Å². The highest BCUT2D eigenvalue weighted by atomic mass is 79.9. The Balaban J connectivity index is 1.46. The Morgan fingerprint density at radius 1 is 1.36 bits per heavy atom. The molecule has 1 aromatic rings. The van der Waals surface area contributed by atoms with Crippen LogP contribution in [0.3, 0.4) is 0 Å². The van der Waals surface area contributed by atoms with E-state index in [4.69, 9.17) is 0 Å². The summed E-state index contributed by atoms with van der Waals surface area (Å²) in [5.74, 6) is 0.861. The number of carbonyl (C=O) groups excluding carboxylic acids is 1. The number of carbonyl (C=O) groups is 1. The number of piperidine rings is 1. The molecule has 2 aliphatic rings. The quantitative estimate of drug-likeness (QED) is 0.866. The number of benzene rings is 1. The zero-order chi connectivity index (χ0) is 15.5. The summed E-state index contributed by atoms with van der Waals surface area (Å²) in [7, 11) is 0. The summed E-state index contributed by atoms with van der Waals surface area (Å²) in [5.41, 5.74) is 1.28. The number of rotatable bonds is 5. The molecule has 1 saturated heterocycles. The fourth-order valence-corrected chi connectivity index (χ4v) is 3.93. The number of hydrogen-bond acceptors (Lipinski definition) is 2. The number of hydrogen-bond donors (Lipinski definition) is 1. The zero-order valence-electron chi connectivity index (χ0n) is 13.2. The lowest BCUT2D eigenvalue weighted by Gasteiger charge is -2.32. The van der Waals surface area contributed by atoms with Crippen molar-refractivity contribution in [3.63, 3.8) is 0 Å². The largest absolute Gasteiger partial charge is 0.353 e. The Morgan fingerprint density at radius 3 is 2.82 bits per heavy atom.